The van der Waals surface area contributed by atoms with Crippen molar-refractivity contribution < 1.29 is 19.5 Å². The molecular formula is C18H25N3O4. The van der Waals surface area contributed by atoms with Crippen molar-refractivity contribution in [3.63, 3.8) is 0 Å². The van der Waals surface area contributed by atoms with E-state index in [0.29, 0.717) is 37.3 Å². The number of carbonyl (C=O) groups is 3. The van der Waals surface area contributed by atoms with E-state index in [4.69, 9.17) is 5.11 Å². The molecule has 0 aromatic heterocycles. The third kappa shape index (κ3) is 4.79. The number of hydrogen-bond donors (Lipinski definition) is 2. The Morgan fingerprint density at radius 3 is 2.40 bits per heavy atom. The van der Waals surface area contributed by atoms with Crippen LogP contribution in [0.4, 0.5) is 5.69 Å². The normalized spacial score (nSPS) is 17.3. The molecule has 1 aliphatic heterocycles. The molecule has 2 rings (SSSR count). The van der Waals surface area contributed by atoms with Crippen molar-refractivity contribution in [2.24, 2.45) is 0 Å². The van der Waals surface area contributed by atoms with Crippen LogP contribution >= 0.6 is 0 Å². The quantitative estimate of drug-likeness (QED) is 0.783. The van der Waals surface area contributed by atoms with E-state index < -0.39 is 12.0 Å². The zero-order valence-electron chi connectivity index (χ0n) is 14.7. The zero-order valence-corrected chi connectivity index (χ0v) is 14.7. The fourth-order valence-corrected chi connectivity index (χ4v) is 3.07. The molecule has 0 saturated carbocycles. The summed E-state index contributed by atoms with van der Waals surface area (Å²) in [5, 5.41) is 11.9. The van der Waals surface area contributed by atoms with Crippen LogP contribution in [-0.4, -0.2) is 64.9 Å². The molecule has 1 saturated heterocycles. The van der Waals surface area contributed by atoms with Crippen LogP contribution in [-0.2, 0) is 9.59 Å². The number of likely N-dealkylation sites (tertiary alicyclic amines) is 1. The standard InChI is InChI=1S/C18H25N3O4/c1-3-20(4-2)17(23)13-7-9-14(10-8-13)19-16(22)12-21-11-5-6-15(21)18(24)25/h7-10,15H,3-6,11-12H2,1-2H3,(H,19,22)(H,24,25)/t15-/m0/s1. The van der Waals surface area contributed by atoms with Gasteiger partial charge in [-0.3, -0.25) is 19.3 Å². The smallest absolute Gasteiger partial charge is 0.320 e. The molecule has 0 bridgehead atoms. The topological polar surface area (TPSA) is 90.0 Å². The van der Waals surface area contributed by atoms with Crippen LogP contribution < -0.4 is 5.32 Å². The van der Waals surface area contributed by atoms with E-state index in [2.05, 4.69) is 5.32 Å². The van der Waals surface area contributed by atoms with Gasteiger partial charge in [0, 0.05) is 24.3 Å². The average molecular weight is 347 g/mol. The lowest BCUT2D eigenvalue weighted by atomic mass is 10.1. The molecule has 1 aromatic carbocycles. The van der Waals surface area contributed by atoms with E-state index >= 15 is 0 Å². The van der Waals surface area contributed by atoms with E-state index in [1.165, 1.54) is 0 Å². The minimum Gasteiger partial charge on any atom is -0.480 e. The second kappa shape index (κ2) is 8.62. The number of amides is 2. The number of benzene rings is 1. The first-order chi connectivity index (χ1) is 12.0. The van der Waals surface area contributed by atoms with Gasteiger partial charge >= 0.3 is 5.97 Å². The maximum absolute atomic E-state index is 12.2. The van der Waals surface area contributed by atoms with Crippen molar-refractivity contribution in [2.45, 2.75) is 32.7 Å². The molecule has 0 aliphatic carbocycles. The van der Waals surface area contributed by atoms with E-state index in [1.807, 2.05) is 13.8 Å². The number of hydrogen-bond acceptors (Lipinski definition) is 4. The highest BCUT2D eigenvalue weighted by molar-refractivity contribution is 5.96. The van der Waals surface area contributed by atoms with Gasteiger partial charge in [-0.05, 0) is 57.5 Å². The number of anilines is 1. The summed E-state index contributed by atoms with van der Waals surface area (Å²) in [5.74, 6) is -1.18. The Hall–Kier alpha value is -2.41. The van der Waals surface area contributed by atoms with Gasteiger partial charge in [-0.1, -0.05) is 0 Å². The highest BCUT2D eigenvalue weighted by Crippen LogP contribution is 2.17. The first-order valence-electron chi connectivity index (χ1n) is 8.62. The van der Waals surface area contributed by atoms with E-state index in [1.54, 1.807) is 34.1 Å². The average Bonchev–Trinajstić information content (AvgIpc) is 3.04. The second-order valence-corrected chi connectivity index (χ2v) is 6.07. The van der Waals surface area contributed by atoms with Gasteiger partial charge in [0.2, 0.25) is 5.91 Å². The third-order valence-electron chi connectivity index (χ3n) is 4.46. The van der Waals surface area contributed by atoms with Crippen molar-refractivity contribution >= 4 is 23.5 Å². The van der Waals surface area contributed by atoms with Crippen LogP contribution in [0, 0.1) is 0 Å². The Bertz CT molecular complexity index is 626. The third-order valence-corrected chi connectivity index (χ3v) is 4.46. The molecule has 1 heterocycles. The van der Waals surface area contributed by atoms with Crippen molar-refractivity contribution in [2.75, 3.05) is 31.5 Å². The lowest BCUT2D eigenvalue weighted by molar-refractivity contribution is -0.142. The highest BCUT2D eigenvalue weighted by atomic mass is 16.4. The summed E-state index contributed by atoms with van der Waals surface area (Å²) >= 11 is 0. The van der Waals surface area contributed by atoms with Crippen LogP contribution in [0.25, 0.3) is 0 Å². The minimum absolute atomic E-state index is 0.0377. The predicted octanol–water partition coefficient (Wildman–Crippen LogP) is 1.66. The number of nitrogens with zero attached hydrogens (tertiary/aromatic N) is 2. The Labute approximate surface area is 147 Å². The molecule has 1 aromatic rings. The summed E-state index contributed by atoms with van der Waals surface area (Å²) in [6, 6.07) is 6.17. The Kier molecular flexibility index (Phi) is 6.52. The summed E-state index contributed by atoms with van der Waals surface area (Å²) in [4.78, 5) is 38.9. The van der Waals surface area contributed by atoms with Crippen molar-refractivity contribution in [3.05, 3.63) is 29.8 Å². The van der Waals surface area contributed by atoms with Crippen LogP contribution in [0.2, 0.25) is 0 Å². The molecule has 7 heteroatoms. The number of carboxylic acid groups (broad SMARTS) is 1. The molecule has 136 valence electrons. The van der Waals surface area contributed by atoms with Crippen LogP contribution in [0.1, 0.15) is 37.0 Å². The fourth-order valence-electron chi connectivity index (χ4n) is 3.07. The fraction of sp³-hybridized carbons (Fsp3) is 0.500. The largest absolute Gasteiger partial charge is 0.480 e. The Morgan fingerprint density at radius 2 is 1.84 bits per heavy atom. The number of nitrogens with one attached hydrogen (secondary N) is 1. The first-order valence-corrected chi connectivity index (χ1v) is 8.62. The van der Waals surface area contributed by atoms with Crippen molar-refractivity contribution in [1.29, 1.82) is 0 Å². The zero-order chi connectivity index (χ0) is 18.4. The van der Waals surface area contributed by atoms with Gasteiger partial charge < -0.3 is 15.3 Å². The molecular weight excluding hydrogens is 322 g/mol. The Morgan fingerprint density at radius 1 is 1.20 bits per heavy atom. The summed E-state index contributed by atoms with van der Waals surface area (Å²) in [7, 11) is 0. The molecule has 1 atom stereocenters. The van der Waals surface area contributed by atoms with E-state index in [-0.39, 0.29) is 18.4 Å². The number of carboxylic acids is 1. The van der Waals surface area contributed by atoms with Gasteiger partial charge in [-0.25, -0.2) is 0 Å². The molecule has 0 spiro atoms. The number of carbonyl (C=O) groups excluding carboxylic acids is 2. The lowest BCUT2D eigenvalue weighted by Gasteiger charge is -2.20. The van der Waals surface area contributed by atoms with Gasteiger partial charge in [-0.2, -0.15) is 0 Å². The number of rotatable bonds is 7. The highest BCUT2D eigenvalue weighted by Gasteiger charge is 2.31. The van der Waals surface area contributed by atoms with Crippen molar-refractivity contribution in [1.82, 2.24) is 9.80 Å². The molecule has 0 unspecified atom stereocenters. The summed E-state index contributed by atoms with van der Waals surface area (Å²) in [5.41, 5.74) is 1.17. The maximum atomic E-state index is 12.2. The van der Waals surface area contributed by atoms with Gasteiger partial charge in [0.1, 0.15) is 6.04 Å². The van der Waals surface area contributed by atoms with Crippen LogP contribution in [0.5, 0.6) is 0 Å². The monoisotopic (exact) mass is 347 g/mol. The van der Waals surface area contributed by atoms with Crippen LogP contribution in [0.15, 0.2) is 24.3 Å². The summed E-state index contributed by atoms with van der Waals surface area (Å²) < 4.78 is 0. The summed E-state index contributed by atoms with van der Waals surface area (Å²) in [6.45, 7) is 5.82. The molecule has 25 heavy (non-hydrogen) atoms. The van der Waals surface area contributed by atoms with Gasteiger partial charge in [0.25, 0.3) is 5.91 Å². The SMILES string of the molecule is CCN(CC)C(=O)c1ccc(NC(=O)CN2CCC[C@H]2C(=O)O)cc1. The van der Waals surface area contributed by atoms with Gasteiger partial charge in [0.15, 0.2) is 0 Å². The van der Waals surface area contributed by atoms with Crippen molar-refractivity contribution in [3.8, 4) is 0 Å². The molecule has 2 amide bonds. The molecule has 7 nitrogen and oxygen atoms in total. The number of aliphatic carboxylic acids is 1. The maximum Gasteiger partial charge on any atom is 0.320 e. The first kappa shape index (κ1) is 18.9. The molecule has 2 N–H and O–H groups in total. The molecule has 0 radical (unpaired) electrons. The lowest BCUT2D eigenvalue weighted by Crippen LogP contribution is -2.40. The Balaban J connectivity index is 1.93. The molecule has 1 aliphatic rings. The predicted molar refractivity (Wildman–Crippen MR) is 94.6 cm³/mol. The van der Waals surface area contributed by atoms with Gasteiger partial charge in [0.05, 0.1) is 6.54 Å². The second-order valence-electron chi connectivity index (χ2n) is 6.07. The minimum atomic E-state index is -0.885. The van der Waals surface area contributed by atoms with Gasteiger partial charge in [-0.15, -0.1) is 0 Å². The van der Waals surface area contributed by atoms with E-state index in [9.17, 15) is 14.4 Å². The summed E-state index contributed by atoms with van der Waals surface area (Å²) in [6.07, 6.45) is 1.36. The molecule has 1 fully saturated rings. The van der Waals surface area contributed by atoms with E-state index in [0.717, 1.165) is 6.42 Å². The van der Waals surface area contributed by atoms with Crippen LogP contribution in [0.3, 0.4) is 0 Å².